The van der Waals surface area contributed by atoms with Crippen molar-refractivity contribution in [3.63, 3.8) is 0 Å². The van der Waals surface area contributed by atoms with Crippen molar-refractivity contribution in [2.75, 3.05) is 27.3 Å². The molecule has 1 N–H and O–H groups in total. The Hall–Kier alpha value is -4.26. The minimum atomic E-state index is -0.186. The van der Waals surface area contributed by atoms with E-state index in [2.05, 4.69) is 17.1 Å². The second-order valence-corrected chi connectivity index (χ2v) is 9.68. The second kappa shape index (κ2) is 11.4. The molecule has 2 amide bonds. The smallest absolute Gasteiger partial charge is 0.254 e. The van der Waals surface area contributed by atoms with Crippen molar-refractivity contribution >= 4 is 22.7 Å². The van der Waals surface area contributed by atoms with Crippen LogP contribution in [-0.4, -0.2) is 59.9 Å². The Morgan fingerprint density at radius 3 is 2.29 bits per heavy atom. The van der Waals surface area contributed by atoms with Crippen LogP contribution in [0, 0.1) is 0 Å². The van der Waals surface area contributed by atoms with Crippen LogP contribution in [0.15, 0.2) is 79.0 Å². The highest BCUT2D eigenvalue weighted by Gasteiger charge is 2.35. The highest BCUT2D eigenvalue weighted by atomic mass is 16.5. The standard InChI is InChI=1S/C31H33N3O4/c1-37-26-16-24(17-27(18-26)38-2)31(36)34(25-12-13-25)21-30(35)33(20-22-8-4-3-5-9-22)15-14-23-19-32-29-11-7-6-10-28(23)29/h3-11,16-19,25,32H,12-15,20-21H2,1-2H3. The Bertz CT molecular complexity index is 1390. The van der Waals surface area contributed by atoms with E-state index in [0.29, 0.717) is 36.6 Å². The van der Waals surface area contributed by atoms with Gasteiger partial charge in [0.15, 0.2) is 0 Å². The fourth-order valence-corrected chi connectivity index (χ4v) is 4.78. The van der Waals surface area contributed by atoms with E-state index < -0.39 is 0 Å². The normalized spacial score (nSPS) is 12.8. The third-order valence-corrected chi connectivity index (χ3v) is 7.05. The molecule has 4 aromatic rings. The van der Waals surface area contributed by atoms with Crippen molar-refractivity contribution in [1.29, 1.82) is 0 Å². The number of benzene rings is 3. The van der Waals surface area contributed by atoms with Crippen molar-refractivity contribution in [1.82, 2.24) is 14.8 Å². The Labute approximate surface area is 223 Å². The molecule has 0 atom stereocenters. The molecule has 3 aromatic carbocycles. The van der Waals surface area contributed by atoms with E-state index >= 15 is 0 Å². The molecule has 1 fully saturated rings. The molecule has 1 aliphatic rings. The first kappa shape index (κ1) is 25.4. The maximum atomic E-state index is 13.8. The van der Waals surface area contributed by atoms with E-state index in [1.54, 1.807) is 37.3 Å². The van der Waals surface area contributed by atoms with Crippen LogP contribution in [0.25, 0.3) is 10.9 Å². The zero-order valence-electron chi connectivity index (χ0n) is 21.9. The maximum Gasteiger partial charge on any atom is 0.254 e. The highest BCUT2D eigenvalue weighted by Crippen LogP contribution is 2.30. The lowest BCUT2D eigenvalue weighted by atomic mass is 10.1. The van der Waals surface area contributed by atoms with Crippen molar-refractivity contribution < 1.29 is 19.1 Å². The van der Waals surface area contributed by atoms with Crippen LogP contribution in [0.2, 0.25) is 0 Å². The lowest BCUT2D eigenvalue weighted by Crippen LogP contribution is -2.44. The number of fused-ring (bicyclic) bond motifs is 1. The number of H-pyrrole nitrogens is 1. The maximum absolute atomic E-state index is 13.8. The summed E-state index contributed by atoms with van der Waals surface area (Å²) in [4.78, 5) is 34.3. The fourth-order valence-electron chi connectivity index (χ4n) is 4.78. The van der Waals surface area contributed by atoms with Crippen LogP contribution >= 0.6 is 0 Å². The zero-order valence-corrected chi connectivity index (χ0v) is 21.9. The average Bonchev–Trinajstić information content (AvgIpc) is 3.73. The van der Waals surface area contributed by atoms with Crippen molar-refractivity contribution in [3.8, 4) is 11.5 Å². The van der Waals surface area contributed by atoms with Crippen LogP contribution in [0.1, 0.15) is 34.3 Å². The van der Waals surface area contributed by atoms with Crippen LogP contribution in [-0.2, 0) is 17.8 Å². The number of hydrogen-bond donors (Lipinski definition) is 1. The van der Waals surface area contributed by atoms with Gasteiger partial charge in [0, 0.05) is 47.9 Å². The second-order valence-electron chi connectivity index (χ2n) is 9.68. The number of carbonyl (C=O) groups excluding carboxylic acids is 2. The first-order valence-electron chi connectivity index (χ1n) is 13.0. The summed E-state index contributed by atoms with van der Waals surface area (Å²) in [6.45, 7) is 1.07. The molecule has 1 aromatic heterocycles. The summed E-state index contributed by atoms with van der Waals surface area (Å²) in [6, 6.07) is 23.4. The SMILES string of the molecule is COc1cc(OC)cc(C(=O)N(CC(=O)N(CCc2c[nH]c3ccccc23)Cc2ccccc2)C2CC2)c1. The number of methoxy groups -OCH3 is 2. The monoisotopic (exact) mass is 511 g/mol. The first-order valence-corrected chi connectivity index (χ1v) is 13.0. The van der Waals surface area contributed by atoms with E-state index in [1.807, 2.05) is 53.6 Å². The van der Waals surface area contributed by atoms with Gasteiger partial charge in [0.2, 0.25) is 5.91 Å². The predicted octanol–water partition coefficient (Wildman–Crippen LogP) is 5.06. The van der Waals surface area contributed by atoms with Gasteiger partial charge in [-0.05, 0) is 48.6 Å². The quantitative estimate of drug-likeness (QED) is 0.305. The number of aromatic nitrogens is 1. The Morgan fingerprint density at radius 1 is 0.921 bits per heavy atom. The highest BCUT2D eigenvalue weighted by molar-refractivity contribution is 5.97. The van der Waals surface area contributed by atoms with Crippen LogP contribution in [0.3, 0.4) is 0 Å². The van der Waals surface area contributed by atoms with E-state index in [1.165, 1.54) is 10.9 Å². The summed E-state index contributed by atoms with van der Waals surface area (Å²) in [7, 11) is 3.11. The number of rotatable bonds is 11. The number of nitrogens with one attached hydrogen (secondary N) is 1. The van der Waals surface area contributed by atoms with Gasteiger partial charge in [-0.2, -0.15) is 0 Å². The Kier molecular flexibility index (Phi) is 7.63. The van der Waals surface area contributed by atoms with E-state index in [4.69, 9.17) is 9.47 Å². The number of aromatic amines is 1. The van der Waals surface area contributed by atoms with Gasteiger partial charge in [0.25, 0.3) is 5.91 Å². The number of carbonyl (C=O) groups is 2. The topological polar surface area (TPSA) is 74.9 Å². The van der Waals surface area contributed by atoms with E-state index in [0.717, 1.165) is 23.9 Å². The largest absolute Gasteiger partial charge is 0.497 e. The molecule has 1 saturated carbocycles. The molecule has 0 bridgehead atoms. The number of nitrogens with zero attached hydrogens (tertiary/aromatic N) is 2. The van der Waals surface area contributed by atoms with Crippen LogP contribution < -0.4 is 9.47 Å². The molecule has 0 aliphatic heterocycles. The molecule has 7 heteroatoms. The molecule has 0 radical (unpaired) electrons. The van der Waals surface area contributed by atoms with E-state index in [-0.39, 0.29) is 24.4 Å². The summed E-state index contributed by atoms with van der Waals surface area (Å²) in [5.41, 5.74) is 3.77. The summed E-state index contributed by atoms with van der Waals surface area (Å²) >= 11 is 0. The zero-order chi connectivity index (χ0) is 26.5. The lowest BCUT2D eigenvalue weighted by Gasteiger charge is -2.28. The Balaban J connectivity index is 1.36. The predicted molar refractivity (Wildman–Crippen MR) is 147 cm³/mol. The van der Waals surface area contributed by atoms with Gasteiger partial charge < -0.3 is 24.3 Å². The number of ether oxygens (including phenoxy) is 2. The van der Waals surface area contributed by atoms with Crippen molar-refractivity contribution in [3.05, 3.63) is 95.7 Å². The third kappa shape index (κ3) is 5.83. The Morgan fingerprint density at radius 2 is 1.61 bits per heavy atom. The van der Waals surface area contributed by atoms with Crippen LogP contribution in [0.4, 0.5) is 0 Å². The molecular weight excluding hydrogens is 478 g/mol. The van der Waals surface area contributed by atoms with Gasteiger partial charge in [-0.25, -0.2) is 0 Å². The molecule has 0 unspecified atom stereocenters. The van der Waals surface area contributed by atoms with Crippen LogP contribution in [0.5, 0.6) is 11.5 Å². The minimum Gasteiger partial charge on any atom is -0.497 e. The summed E-state index contributed by atoms with van der Waals surface area (Å²) in [5.74, 6) is 0.830. The molecular formula is C31H33N3O4. The van der Waals surface area contributed by atoms with Gasteiger partial charge in [-0.15, -0.1) is 0 Å². The number of hydrogen-bond acceptors (Lipinski definition) is 4. The van der Waals surface area contributed by atoms with Gasteiger partial charge in [-0.1, -0.05) is 48.5 Å². The number of amides is 2. The van der Waals surface area contributed by atoms with Gasteiger partial charge >= 0.3 is 0 Å². The molecule has 38 heavy (non-hydrogen) atoms. The molecule has 0 saturated heterocycles. The minimum absolute atomic E-state index is 0.0315. The molecule has 7 nitrogen and oxygen atoms in total. The van der Waals surface area contributed by atoms with E-state index in [9.17, 15) is 9.59 Å². The van der Waals surface area contributed by atoms with Gasteiger partial charge in [0.1, 0.15) is 18.0 Å². The molecule has 5 rings (SSSR count). The molecule has 0 spiro atoms. The molecule has 1 aliphatic carbocycles. The third-order valence-electron chi connectivity index (χ3n) is 7.05. The number of para-hydroxylation sites is 1. The average molecular weight is 512 g/mol. The summed E-state index contributed by atoms with van der Waals surface area (Å²) in [6.07, 6.45) is 4.53. The van der Waals surface area contributed by atoms with Crippen molar-refractivity contribution in [2.24, 2.45) is 0 Å². The summed E-state index contributed by atoms with van der Waals surface area (Å²) in [5, 5.41) is 1.17. The fraction of sp³-hybridized carbons (Fsp3) is 0.290. The van der Waals surface area contributed by atoms with Gasteiger partial charge in [-0.3, -0.25) is 9.59 Å². The lowest BCUT2D eigenvalue weighted by molar-refractivity contribution is -0.132. The van der Waals surface area contributed by atoms with Crippen molar-refractivity contribution in [2.45, 2.75) is 31.8 Å². The first-order chi connectivity index (χ1) is 18.6. The molecule has 1 heterocycles. The molecule has 196 valence electrons. The summed E-state index contributed by atoms with van der Waals surface area (Å²) < 4.78 is 10.7. The van der Waals surface area contributed by atoms with Gasteiger partial charge in [0.05, 0.1) is 14.2 Å².